The summed E-state index contributed by atoms with van der Waals surface area (Å²) < 4.78 is 5.68. The van der Waals surface area contributed by atoms with Crippen LogP contribution in [0.5, 0.6) is 5.75 Å². The lowest BCUT2D eigenvalue weighted by molar-refractivity contribution is -0.128. The molecule has 0 fully saturated rings. The molecule has 1 amide bonds. The molecule has 1 aromatic rings. The average Bonchev–Trinajstić information content (AvgIpc) is 2.33. The van der Waals surface area contributed by atoms with Gasteiger partial charge in [-0.3, -0.25) is 4.79 Å². The molecule has 0 aliphatic rings. The fourth-order valence-corrected chi connectivity index (χ4v) is 1.74. The number of amides is 1. The van der Waals surface area contributed by atoms with E-state index in [0.717, 1.165) is 11.1 Å². The third-order valence-electron chi connectivity index (χ3n) is 2.91. The van der Waals surface area contributed by atoms with Gasteiger partial charge in [-0.05, 0) is 31.9 Å². The van der Waals surface area contributed by atoms with E-state index in [9.17, 15) is 9.90 Å². The van der Waals surface area contributed by atoms with Crippen LogP contribution in [0.2, 0.25) is 0 Å². The van der Waals surface area contributed by atoms with E-state index in [1.807, 2.05) is 25.1 Å². The summed E-state index contributed by atoms with van der Waals surface area (Å²) in [5.74, 6) is 0.802. The maximum atomic E-state index is 11.4. The van der Waals surface area contributed by atoms with Crippen LogP contribution < -0.4 is 4.74 Å². The third kappa shape index (κ3) is 4.91. The Labute approximate surface area is 115 Å². The molecule has 106 valence electrons. The van der Waals surface area contributed by atoms with Gasteiger partial charge < -0.3 is 14.7 Å². The Morgan fingerprint density at radius 3 is 2.68 bits per heavy atom. The minimum absolute atomic E-state index is 0.101. The number of benzene rings is 1. The predicted octanol–water partition coefficient (Wildman–Crippen LogP) is 2.30. The number of carbonyl (C=O) groups is 1. The molecule has 0 aliphatic carbocycles. The quantitative estimate of drug-likeness (QED) is 0.803. The monoisotopic (exact) mass is 265 g/mol. The Morgan fingerprint density at radius 2 is 2.11 bits per heavy atom. The first-order valence-corrected chi connectivity index (χ1v) is 6.53. The first kappa shape index (κ1) is 15.5. The summed E-state index contributed by atoms with van der Waals surface area (Å²) in [5.41, 5.74) is 1.87. The van der Waals surface area contributed by atoms with Crippen molar-refractivity contribution in [2.45, 2.75) is 32.8 Å². The van der Waals surface area contributed by atoms with Crippen molar-refractivity contribution in [1.82, 2.24) is 4.90 Å². The van der Waals surface area contributed by atoms with Crippen molar-refractivity contribution < 1.29 is 14.6 Å². The predicted molar refractivity (Wildman–Crippen MR) is 75.2 cm³/mol. The van der Waals surface area contributed by atoms with Gasteiger partial charge in [-0.2, -0.15) is 0 Å². The molecule has 0 radical (unpaired) electrons. The van der Waals surface area contributed by atoms with Crippen molar-refractivity contribution in [2.24, 2.45) is 0 Å². The summed E-state index contributed by atoms with van der Waals surface area (Å²) in [6, 6.07) is 5.74. The zero-order chi connectivity index (χ0) is 14.4. The Morgan fingerprint density at radius 1 is 1.42 bits per heavy atom. The number of aliphatic hydroxyl groups is 1. The van der Waals surface area contributed by atoms with E-state index in [1.54, 1.807) is 25.9 Å². The summed E-state index contributed by atoms with van der Waals surface area (Å²) in [6.45, 7) is 4.17. The van der Waals surface area contributed by atoms with Crippen LogP contribution in [0.4, 0.5) is 0 Å². The summed E-state index contributed by atoms with van der Waals surface area (Å²) in [7, 11) is 3.49. The largest absolute Gasteiger partial charge is 0.493 e. The summed E-state index contributed by atoms with van der Waals surface area (Å²) in [4.78, 5) is 13.0. The highest BCUT2D eigenvalue weighted by molar-refractivity contribution is 5.75. The van der Waals surface area contributed by atoms with E-state index in [-0.39, 0.29) is 5.91 Å². The second kappa shape index (κ2) is 7.14. The minimum Gasteiger partial charge on any atom is -0.493 e. The number of aliphatic hydroxyl groups excluding tert-OH is 1. The van der Waals surface area contributed by atoms with Gasteiger partial charge in [0.05, 0.1) is 12.7 Å². The number of aryl methyl sites for hydroxylation is 1. The average molecular weight is 265 g/mol. The maximum Gasteiger partial charge on any atom is 0.222 e. The van der Waals surface area contributed by atoms with Crippen LogP contribution in [-0.2, 0) is 4.79 Å². The van der Waals surface area contributed by atoms with Gasteiger partial charge in [-0.25, -0.2) is 0 Å². The molecule has 4 heteroatoms. The lowest BCUT2D eigenvalue weighted by atomic mass is 10.1. The van der Waals surface area contributed by atoms with E-state index in [1.165, 1.54) is 0 Å². The number of nitrogens with zero attached hydrogens (tertiary/aromatic N) is 1. The fraction of sp³-hybridized carbons (Fsp3) is 0.533. The first-order chi connectivity index (χ1) is 8.91. The molecule has 1 rings (SSSR count). The lowest BCUT2D eigenvalue weighted by Gasteiger charge is -2.15. The topological polar surface area (TPSA) is 49.8 Å². The van der Waals surface area contributed by atoms with Gasteiger partial charge in [0, 0.05) is 26.1 Å². The minimum atomic E-state index is -0.556. The van der Waals surface area contributed by atoms with E-state index >= 15 is 0 Å². The lowest BCUT2D eigenvalue weighted by Crippen LogP contribution is -2.21. The molecule has 0 bridgehead atoms. The molecule has 1 atom stereocenters. The van der Waals surface area contributed by atoms with Gasteiger partial charge in [0.1, 0.15) is 5.75 Å². The van der Waals surface area contributed by atoms with Crippen LogP contribution in [0.25, 0.3) is 0 Å². The van der Waals surface area contributed by atoms with Crippen molar-refractivity contribution in [3.63, 3.8) is 0 Å². The van der Waals surface area contributed by atoms with Crippen molar-refractivity contribution in [2.75, 3.05) is 20.7 Å². The summed E-state index contributed by atoms with van der Waals surface area (Å²) >= 11 is 0. The Balaban J connectivity index is 2.53. The van der Waals surface area contributed by atoms with Gasteiger partial charge in [0.25, 0.3) is 0 Å². The smallest absolute Gasteiger partial charge is 0.222 e. The SMILES string of the molecule is Cc1ccc(C(C)O)c(OCCCC(=O)N(C)C)c1. The first-order valence-electron chi connectivity index (χ1n) is 6.53. The highest BCUT2D eigenvalue weighted by Gasteiger charge is 2.10. The molecule has 0 aliphatic heterocycles. The molecule has 0 saturated heterocycles. The molecule has 0 heterocycles. The van der Waals surface area contributed by atoms with Crippen LogP contribution in [0.1, 0.15) is 37.0 Å². The number of hydrogen-bond acceptors (Lipinski definition) is 3. The third-order valence-corrected chi connectivity index (χ3v) is 2.91. The molecule has 0 saturated carbocycles. The van der Waals surface area contributed by atoms with E-state index in [0.29, 0.717) is 25.2 Å². The molecule has 1 unspecified atom stereocenters. The van der Waals surface area contributed by atoms with Crippen LogP contribution in [0.3, 0.4) is 0 Å². The molecular formula is C15H23NO3. The highest BCUT2D eigenvalue weighted by atomic mass is 16.5. The van der Waals surface area contributed by atoms with Gasteiger partial charge >= 0.3 is 0 Å². The van der Waals surface area contributed by atoms with Crippen LogP contribution in [-0.4, -0.2) is 36.6 Å². The van der Waals surface area contributed by atoms with E-state index in [4.69, 9.17) is 4.74 Å². The molecule has 0 aromatic heterocycles. The number of rotatable bonds is 6. The van der Waals surface area contributed by atoms with E-state index < -0.39 is 6.10 Å². The standard InChI is InChI=1S/C15H23NO3/c1-11-7-8-13(12(2)17)14(10-11)19-9-5-6-15(18)16(3)4/h7-8,10,12,17H,5-6,9H2,1-4H3. The molecular weight excluding hydrogens is 242 g/mol. The van der Waals surface area contributed by atoms with Crippen molar-refractivity contribution in [3.05, 3.63) is 29.3 Å². The second-order valence-electron chi connectivity index (χ2n) is 4.96. The van der Waals surface area contributed by atoms with Crippen LogP contribution in [0, 0.1) is 6.92 Å². The number of hydrogen-bond donors (Lipinski definition) is 1. The molecule has 1 aromatic carbocycles. The Kier molecular flexibility index (Phi) is 5.83. The van der Waals surface area contributed by atoms with Crippen molar-refractivity contribution in [1.29, 1.82) is 0 Å². The number of carbonyl (C=O) groups excluding carboxylic acids is 1. The van der Waals surface area contributed by atoms with Crippen molar-refractivity contribution in [3.8, 4) is 5.75 Å². The van der Waals surface area contributed by atoms with Gasteiger partial charge in [-0.1, -0.05) is 12.1 Å². The maximum absolute atomic E-state index is 11.4. The summed E-state index contributed by atoms with van der Waals surface area (Å²) in [6.07, 6.45) is 0.589. The fourth-order valence-electron chi connectivity index (χ4n) is 1.74. The van der Waals surface area contributed by atoms with Gasteiger partial charge in [0.2, 0.25) is 5.91 Å². The normalized spacial score (nSPS) is 12.1. The molecule has 4 nitrogen and oxygen atoms in total. The zero-order valence-corrected chi connectivity index (χ0v) is 12.1. The molecule has 0 spiro atoms. The van der Waals surface area contributed by atoms with Crippen LogP contribution in [0.15, 0.2) is 18.2 Å². The van der Waals surface area contributed by atoms with Crippen LogP contribution >= 0.6 is 0 Å². The van der Waals surface area contributed by atoms with Crippen molar-refractivity contribution >= 4 is 5.91 Å². The number of ether oxygens (including phenoxy) is 1. The Bertz CT molecular complexity index is 427. The molecule has 1 N–H and O–H groups in total. The van der Waals surface area contributed by atoms with Gasteiger partial charge in [0.15, 0.2) is 0 Å². The van der Waals surface area contributed by atoms with E-state index in [2.05, 4.69) is 0 Å². The summed E-state index contributed by atoms with van der Waals surface area (Å²) in [5, 5.41) is 9.67. The molecule has 19 heavy (non-hydrogen) atoms. The highest BCUT2D eigenvalue weighted by Crippen LogP contribution is 2.26. The second-order valence-corrected chi connectivity index (χ2v) is 4.96. The zero-order valence-electron chi connectivity index (χ0n) is 12.1. The van der Waals surface area contributed by atoms with Gasteiger partial charge in [-0.15, -0.1) is 0 Å². The Hall–Kier alpha value is -1.55.